The van der Waals surface area contributed by atoms with Gasteiger partial charge in [-0.05, 0) is 160 Å². The van der Waals surface area contributed by atoms with Gasteiger partial charge in [0.05, 0.1) is 0 Å². The molecular weight excluding hydrogens is 743 g/mol. The molecule has 5 aliphatic carbocycles. The maximum absolute atomic E-state index is 2.55. The Balaban J connectivity index is 0.870. The maximum Gasteiger partial charge on any atom is 0.0476 e. The number of hydrogen-bond acceptors (Lipinski definition) is 2. The lowest BCUT2D eigenvalue weighted by atomic mass is 9.43. The minimum atomic E-state index is 0.207. The van der Waals surface area contributed by atoms with E-state index in [1.54, 1.807) is 11.1 Å². The molecule has 9 aromatic rings. The van der Waals surface area contributed by atoms with Gasteiger partial charge in [0.1, 0.15) is 0 Å². The van der Waals surface area contributed by atoms with Crippen molar-refractivity contribution in [1.29, 1.82) is 0 Å². The number of fused-ring (bicyclic) bond motifs is 6. The van der Waals surface area contributed by atoms with Crippen LogP contribution in [-0.2, 0) is 5.41 Å². The predicted octanol–water partition coefficient (Wildman–Crippen LogP) is 16.2. The molecule has 2 heteroatoms. The summed E-state index contributed by atoms with van der Waals surface area (Å²) < 4.78 is 2.63. The molecule has 0 atom stereocenters. The first-order valence-electron chi connectivity index (χ1n) is 22.0. The van der Waals surface area contributed by atoms with Gasteiger partial charge >= 0.3 is 0 Å². The van der Waals surface area contributed by atoms with E-state index in [4.69, 9.17) is 0 Å². The van der Waals surface area contributed by atoms with Gasteiger partial charge in [0.2, 0.25) is 0 Å². The largest absolute Gasteiger partial charge is 0.310 e. The molecule has 1 heterocycles. The number of benzene rings is 8. The van der Waals surface area contributed by atoms with Gasteiger partial charge in [0.15, 0.2) is 0 Å². The standard InChI is InChI=1S/C58H45NS/c1-2-8-39(9-3-1)40-14-16-41(17-15-40)42-18-23-47(24-19-42)59(49-27-28-52-51-11-5-7-13-56(51)60-57(52)36-49)48-25-20-43(21-26-48)44-22-29-55-53(35-44)50-10-4-6-12-54(50)58(55)45-31-37-30-38(33-45)34-46(58)32-37/h1-29,35-38,45-46H,30-34H2. The third-order valence-corrected chi connectivity index (χ3v) is 16.2. The molecule has 0 amide bonds. The lowest BCUT2D eigenvalue weighted by Gasteiger charge is -2.61. The van der Waals surface area contributed by atoms with Gasteiger partial charge in [-0.3, -0.25) is 0 Å². The quantitative estimate of drug-likeness (QED) is 0.162. The zero-order chi connectivity index (χ0) is 39.4. The summed E-state index contributed by atoms with van der Waals surface area (Å²) in [6.07, 6.45) is 7.16. The van der Waals surface area contributed by atoms with Crippen LogP contribution in [0.25, 0.3) is 64.7 Å². The van der Waals surface area contributed by atoms with E-state index in [-0.39, 0.29) is 5.41 Å². The third-order valence-electron chi connectivity index (χ3n) is 15.1. The molecule has 8 aromatic carbocycles. The summed E-state index contributed by atoms with van der Waals surface area (Å²) in [5.74, 6) is 3.48. The summed E-state index contributed by atoms with van der Waals surface area (Å²) in [4.78, 5) is 2.42. The Labute approximate surface area is 356 Å². The van der Waals surface area contributed by atoms with Crippen LogP contribution in [0.2, 0.25) is 0 Å². The van der Waals surface area contributed by atoms with E-state index < -0.39 is 0 Å². The van der Waals surface area contributed by atoms with Gasteiger partial charge in [-0.1, -0.05) is 140 Å². The molecule has 4 bridgehead atoms. The highest BCUT2D eigenvalue weighted by Gasteiger charge is 2.61. The summed E-state index contributed by atoms with van der Waals surface area (Å²) in [5.41, 5.74) is 17.3. The summed E-state index contributed by atoms with van der Waals surface area (Å²) >= 11 is 1.88. The van der Waals surface area contributed by atoms with Crippen molar-refractivity contribution in [2.75, 3.05) is 4.90 Å². The van der Waals surface area contributed by atoms with E-state index in [0.717, 1.165) is 40.7 Å². The fourth-order valence-corrected chi connectivity index (χ4v) is 13.9. The van der Waals surface area contributed by atoms with Crippen molar-refractivity contribution in [3.63, 3.8) is 0 Å². The molecule has 60 heavy (non-hydrogen) atoms. The second kappa shape index (κ2) is 13.4. The molecule has 5 aliphatic rings. The van der Waals surface area contributed by atoms with E-state index in [1.807, 2.05) is 11.3 Å². The van der Waals surface area contributed by atoms with Crippen molar-refractivity contribution in [2.24, 2.45) is 23.7 Å². The summed E-state index contributed by atoms with van der Waals surface area (Å²) in [6, 6.07) is 70.7. The zero-order valence-electron chi connectivity index (χ0n) is 33.6. The van der Waals surface area contributed by atoms with Crippen LogP contribution in [0.4, 0.5) is 17.1 Å². The monoisotopic (exact) mass is 787 g/mol. The molecule has 1 nitrogen and oxygen atoms in total. The van der Waals surface area contributed by atoms with Crippen molar-refractivity contribution in [2.45, 2.75) is 37.5 Å². The van der Waals surface area contributed by atoms with Crippen LogP contribution in [-0.4, -0.2) is 0 Å². The average Bonchev–Trinajstić information content (AvgIpc) is 3.82. The molecule has 0 saturated heterocycles. The second-order valence-electron chi connectivity index (χ2n) is 18.1. The highest BCUT2D eigenvalue weighted by Crippen LogP contribution is 2.69. The van der Waals surface area contributed by atoms with Crippen LogP contribution in [0, 0.1) is 23.7 Å². The second-order valence-corrected chi connectivity index (χ2v) is 19.2. The molecule has 4 fully saturated rings. The van der Waals surface area contributed by atoms with Crippen LogP contribution in [0.1, 0.15) is 43.2 Å². The molecule has 0 N–H and O–H groups in total. The first-order chi connectivity index (χ1) is 29.7. The van der Waals surface area contributed by atoms with Gasteiger partial charge in [-0.15, -0.1) is 11.3 Å². The van der Waals surface area contributed by atoms with Crippen LogP contribution in [0.15, 0.2) is 188 Å². The van der Waals surface area contributed by atoms with Crippen molar-refractivity contribution >= 4 is 48.6 Å². The Morgan fingerprint density at radius 3 is 1.55 bits per heavy atom. The van der Waals surface area contributed by atoms with E-state index in [2.05, 4.69) is 193 Å². The molecular formula is C58H45NS. The Morgan fingerprint density at radius 2 is 0.867 bits per heavy atom. The number of nitrogens with zero attached hydrogens (tertiary/aromatic N) is 1. The number of thiophene rings is 1. The van der Waals surface area contributed by atoms with Crippen molar-refractivity contribution in [3.8, 4) is 44.5 Å². The number of hydrogen-bond donors (Lipinski definition) is 0. The Bertz CT molecular complexity index is 3050. The Hall–Kier alpha value is -6.22. The molecule has 0 unspecified atom stereocenters. The zero-order valence-corrected chi connectivity index (χ0v) is 34.4. The highest BCUT2D eigenvalue weighted by molar-refractivity contribution is 7.25. The minimum absolute atomic E-state index is 0.207. The minimum Gasteiger partial charge on any atom is -0.310 e. The summed E-state index contributed by atoms with van der Waals surface area (Å²) in [7, 11) is 0. The highest BCUT2D eigenvalue weighted by atomic mass is 32.1. The van der Waals surface area contributed by atoms with Crippen LogP contribution >= 0.6 is 11.3 Å². The fraction of sp³-hybridized carbons (Fsp3) is 0.172. The Morgan fingerprint density at radius 1 is 0.367 bits per heavy atom. The van der Waals surface area contributed by atoms with Crippen molar-refractivity contribution in [3.05, 3.63) is 199 Å². The number of rotatable bonds is 6. The molecule has 4 saturated carbocycles. The molecule has 1 aromatic heterocycles. The maximum atomic E-state index is 2.55. The molecule has 14 rings (SSSR count). The van der Waals surface area contributed by atoms with E-state index >= 15 is 0 Å². The third kappa shape index (κ3) is 5.23. The van der Waals surface area contributed by atoms with Crippen molar-refractivity contribution < 1.29 is 0 Å². The van der Waals surface area contributed by atoms with Gasteiger partial charge in [-0.25, -0.2) is 0 Å². The van der Waals surface area contributed by atoms with E-state index in [1.165, 1.54) is 96.8 Å². The van der Waals surface area contributed by atoms with E-state index in [0.29, 0.717) is 0 Å². The SMILES string of the molecule is c1ccc(-c2ccc(-c3ccc(N(c4ccc(-c5ccc6c(c5)-c5ccccc5C65C6CC7CC(C6)CC5C7)cc4)c4ccc5c(c4)sc4ccccc45)cc3)cc2)cc1. The first kappa shape index (κ1) is 34.6. The first-order valence-corrected chi connectivity index (χ1v) is 22.8. The van der Waals surface area contributed by atoms with Crippen LogP contribution in [0.5, 0.6) is 0 Å². The van der Waals surface area contributed by atoms with Gasteiger partial charge < -0.3 is 4.90 Å². The topological polar surface area (TPSA) is 3.24 Å². The van der Waals surface area contributed by atoms with Gasteiger partial charge in [0.25, 0.3) is 0 Å². The molecule has 1 spiro atoms. The predicted molar refractivity (Wildman–Crippen MR) is 254 cm³/mol. The van der Waals surface area contributed by atoms with Gasteiger partial charge in [-0.2, -0.15) is 0 Å². The van der Waals surface area contributed by atoms with Crippen LogP contribution < -0.4 is 4.90 Å². The normalized spacial score (nSPS) is 22.1. The van der Waals surface area contributed by atoms with Gasteiger partial charge in [0, 0.05) is 42.6 Å². The summed E-state index contributed by atoms with van der Waals surface area (Å²) in [5, 5.41) is 2.64. The fourth-order valence-electron chi connectivity index (χ4n) is 12.7. The Kier molecular flexibility index (Phi) is 7.73. The average molecular weight is 788 g/mol. The molecule has 0 aliphatic heterocycles. The lowest BCUT2D eigenvalue weighted by Crippen LogP contribution is -2.55. The molecule has 288 valence electrons. The summed E-state index contributed by atoms with van der Waals surface area (Å²) in [6.45, 7) is 0. The van der Waals surface area contributed by atoms with E-state index in [9.17, 15) is 0 Å². The van der Waals surface area contributed by atoms with Crippen LogP contribution in [0.3, 0.4) is 0 Å². The molecule has 0 radical (unpaired) electrons. The lowest BCUT2D eigenvalue weighted by molar-refractivity contribution is -0.0399. The number of anilines is 3. The smallest absolute Gasteiger partial charge is 0.0476 e. The van der Waals surface area contributed by atoms with Crippen molar-refractivity contribution in [1.82, 2.24) is 0 Å².